The van der Waals surface area contributed by atoms with E-state index in [0.29, 0.717) is 6.04 Å². The van der Waals surface area contributed by atoms with Gasteiger partial charge in [-0.3, -0.25) is 0 Å². The summed E-state index contributed by atoms with van der Waals surface area (Å²) >= 11 is 0. The van der Waals surface area contributed by atoms with E-state index < -0.39 is 0 Å². The fourth-order valence-corrected chi connectivity index (χ4v) is 1.42. The molecule has 0 fully saturated rings. The molecular weight excluding hydrogens is 204 g/mol. The van der Waals surface area contributed by atoms with Crippen LogP contribution in [0.2, 0.25) is 0 Å². The zero-order valence-electron chi connectivity index (χ0n) is 10.5. The van der Waals surface area contributed by atoms with E-state index in [0.717, 1.165) is 44.1 Å². The predicted octanol–water partition coefficient (Wildman–Crippen LogP) is 2.14. The van der Waals surface area contributed by atoms with E-state index in [4.69, 9.17) is 9.15 Å². The largest absolute Gasteiger partial charge is 0.448 e. The molecule has 1 N–H and O–H groups in total. The van der Waals surface area contributed by atoms with Crippen LogP contribution in [0.15, 0.2) is 10.8 Å². The summed E-state index contributed by atoms with van der Waals surface area (Å²) in [6.45, 7) is 8.58. The Bertz CT molecular complexity index is 284. The third-order valence-corrected chi connectivity index (χ3v) is 2.30. The molecule has 0 aromatic carbocycles. The molecular formula is C12H22N2O2. The number of aryl methyl sites for hydroxylation is 1. The lowest BCUT2D eigenvalue weighted by atomic mass is 10.2. The topological polar surface area (TPSA) is 47.3 Å². The minimum absolute atomic E-state index is 0.466. The number of oxazole rings is 1. The van der Waals surface area contributed by atoms with Crippen molar-refractivity contribution in [2.45, 2.75) is 46.2 Å². The number of aromatic nitrogens is 1. The van der Waals surface area contributed by atoms with Crippen molar-refractivity contribution in [3.63, 3.8) is 0 Å². The molecule has 0 saturated carbocycles. The first-order chi connectivity index (χ1) is 7.74. The van der Waals surface area contributed by atoms with Crippen LogP contribution in [0.25, 0.3) is 0 Å². The Labute approximate surface area is 97.4 Å². The van der Waals surface area contributed by atoms with Crippen molar-refractivity contribution in [2.24, 2.45) is 0 Å². The van der Waals surface area contributed by atoms with Gasteiger partial charge in [0.15, 0.2) is 6.39 Å². The van der Waals surface area contributed by atoms with Gasteiger partial charge in [-0.25, -0.2) is 4.98 Å². The Morgan fingerprint density at radius 2 is 2.31 bits per heavy atom. The van der Waals surface area contributed by atoms with Gasteiger partial charge < -0.3 is 14.5 Å². The molecule has 0 saturated heterocycles. The van der Waals surface area contributed by atoms with E-state index in [-0.39, 0.29) is 0 Å². The summed E-state index contributed by atoms with van der Waals surface area (Å²) < 4.78 is 10.7. The van der Waals surface area contributed by atoms with Crippen molar-refractivity contribution in [3.05, 3.63) is 17.8 Å². The zero-order chi connectivity index (χ0) is 11.8. The van der Waals surface area contributed by atoms with Crippen molar-refractivity contribution < 1.29 is 9.15 Å². The van der Waals surface area contributed by atoms with E-state index in [1.807, 2.05) is 6.92 Å². The maximum atomic E-state index is 5.37. The minimum Gasteiger partial charge on any atom is -0.448 e. The monoisotopic (exact) mass is 226 g/mol. The number of hydrogen-bond acceptors (Lipinski definition) is 4. The number of nitrogens with one attached hydrogen (secondary N) is 1. The second-order valence-corrected chi connectivity index (χ2v) is 4.06. The number of rotatable bonds is 8. The second kappa shape index (κ2) is 7.41. The Kier molecular flexibility index (Phi) is 6.11. The summed E-state index contributed by atoms with van der Waals surface area (Å²) in [4.78, 5) is 4.22. The van der Waals surface area contributed by atoms with Gasteiger partial charge in [-0.05, 0) is 13.3 Å². The zero-order valence-corrected chi connectivity index (χ0v) is 10.5. The van der Waals surface area contributed by atoms with Crippen LogP contribution in [-0.4, -0.2) is 24.2 Å². The molecule has 16 heavy (non-hydrogen) atoms. The molecule has 4 nitrogen and oxygen atoms in total. The summed E-state index contributed by atoms with van der Waals surface area (Å²) in [7, 11) is 0. The molecule has 0 radical (unpaired) electrons. The molecule has 4 heteroatoms. The fourth-order valence-electron chi connectivity index (χ4n) is 1.42. The highest BCUT2D eigenvalue weighted by atomic mass is 16.5. The maximum Gasteiger partial charge on any atom is 0.181 e. The van der Waals surface area contributed by atoms with Crippen molar-refractivity contribution in [1.29, 1.82) is 0 Å². The van der Waals surface area contributed by atoms with Crippen molar-refractivity contribution >= 4 is 0 Å². The Morgan fingerprint density at radius 1 is 1.50 bits per heavy atom. The Morgan fingerprint density at radius 3 is 3.00 bits per heavy atom. The minimum atomic E-state index is 0.466. The first kappa shape index (κ1) is 13.2. The molecule has 1 aromatic rings. The van der Waals surface area contributed by atoms with E-state index in [9.17, 15) is 0 Å². The molecule has 92 valence electrons. The van der Waals surface area contributed by atoms with E-state index in [1.165, 1.54) is 6.39 Å². The maximum absolute atomic E-state index is 5.37. The van der Waals surface area contributed by atoms with Crippen LogP contribution in [-0.2, 0) is 17.7 Å². The highest BCUT2D eigenvalue weighted by molar-refractivity contribution is 5.07. The van der Waals surface area contributed by atoms with Crippen LogP contribution >= 0.6 is 0 Å². The summed E-state index contributed by atoms with van der Waals surface area (Å²) in [6, 6.07) is 0.466. The Balaban J connectivity index is 2.32. The SMILES string of the molecule is CCOCCCc1ocnc1CNC(C)C. The lowest BCUT2D eigenvalue weighted by Gasteiger charge is -2.06. The van der Waals surface area contributed by atoms with Gasteiger partial charge in [0.1, 0.15) is 5.76 Å². The van der Waals surface area contributed by atoms with Gasteiger partial charge >= 0.3 is 0 Å². The van der Waals surface area contributed by atoms with Gasteiger partial charge in [0.05, 0.1) is 5.69 Å². The molecule has 0 unspecified atom stereocenters. The molecule has 1 aromatic heterocycles. The van der Waals surface area contributed by atoms with Gasteiger partial charge in [-0.1, -0.05) is 13.8 Å². The van der Waals surface area contributed by atoms with Gasteiger partial charge in [0.25, 0.3) is 0 Å². The standard InChI is InChI=1S/C12H22N2O2/c1-4-15-7-5-6-12-11(14-9-16-12)8-13-10(2)3/h9-10,13H,4-8H2,1-3H3. The van der Waals surface area contributed by atoms with E-state index >= 15 is 0 Å². The first-order valence-corrected chi connectivity index (χ1v) is 5.96. The third-order valence-electron chi connectivity index (χ3n) is 2.30. The van der Waals surface area contributed by atoms with Crippen LogP contribution in [0.1, 0.15) is 38.6 Å². The summed E-state index contributed by atoms with van der Waals surface area (Å²) in [6.07, 6.45) is 3.40. The summed E-state index contributed by atoms with van der Waals surface area (Å²) in [5.74, 6) is 0.979. The third kappa shape index (κ3) is 4.77. The second-order valence-electron chi connectivity index (χ2n) is 4.06. The summed E-state index contributed by atoms with van der Waals surface area (Å²) in [5.41, 5.74) is 1.02. The molecule has 1 heterocycles. The summed E-state index contributed by atoms with van der Waals surface area (Å²) in [5, 5.41) is 3.34. The number of ether oxygens (including phenoxy) is 1. The molecule has 1 rings (SSSR count). The highest BCUT2D eigenvalue weighted by Gasteiger charge is 2.07. The predicted molar refractivity (Wildman–Crippen MR) is 63.3 cm³/mol. The molecule has 0 aliphatic rings. The van der Waals surface area contributed by atoms with Crippen LogP contribution in [0.3, 0.4) is 0 Å². The number of nitrogens with zero attached hydrogens (tertiary/aromatic N) is 1. The van der Waals surface area contributed by atoms with Crippen LogP contribution in [0, 0.1) is 0 Å². The first-order valence-electron chi connectivity index (χ1n) is 5.96. The smallest absolute Gasteiger partial charge is 0.181 e. The van der Waals surface area contributed by atoms with Gasteiger partial charge in [0.2, 0.25) is 0 Å². The van der Waals surface area contributed by atoms with Crippen molar-refractivity contribution in [1.82, 2.24) is 10.3 Å². The fraction of sp³-hybridized carbons (Fsp3) is 0.750. The normalized spacial score (nSPS) is 11.2. The van der Waals surface area contributed by atoms with Crippen molar-refractivity contribution in [3.8, 4) is 0 Å². The number of hydrogen-bond donors (Lipinski definition) is 1. The lowest BCUT2D eigenvalue weighted by Crippen LogP contribution is -2.22. The molecule has 0 aliphatic carbocycles. The van der Waals surface area contributed by atoms with E-state index in [1.54, 1.807) is 0 Å². The van der Waals surface area contributed by atoms with Gasteiger partial charge in [0, 0.05) is 32.2 Å². The molecule has 0 bridgehead atoms. The van der Waals surface area contributed by atoms with Crippen LogP contribution < -0.4 is 5.32 Å². The molecule has 0 atom stereocenters. The molecule has 0 spiro atoms. The molecule has 0 aliphatic heterocycles. The van der Waals surface area contributed by atoms with Gasteiger partial charge in [-0.2, -0.15) is 0 Å². The lowest BCUT2D eigenvalue weighted by molar-refractivity contribution is 0.144. The van der Waals surface area contributed by atoms with Crippen molar-refractivity contribution in [2.75, 3.05) is 13.2 Å². The van der Waals surface area contributed by atoms with Crippen LogP contribution in [0.4, 0.5) is 0 Å². The highest BCUT2D eigenvalue weighted by Crippen LogP contribution is 2.09. The van der Waals surface area contributed by atoms with Gasteiger partial charge in [-0.15, -0.1) is 0 Å². The van der Waals surface area contributed by atoms with Crippen LogP contribution in [0.5, 0.6) is 0 Å². The quantitative estimate of drug-likeness (QED) is 0.690. The van der Waals surface area contributed by atoms with E-state index in [2.05, 4.69) is 24.1 Å². The average molecular weight is 226 g/mol. The average Bonchev–Trinajstić information content (AvgIpc) is 2.69. The Hall–Kier alpha value is -0.870. The molecule has 0 amide bonds.